The summed E-state index contributed by atoms with van der Waals surface area (Å²) in [7, 11) is 0. The molecule has 2 amide bonds. The largest absolute Gasteiger partial charge is 0.478 e. The molecular weight excluding hydrogens is 243 g/mol. The van der Waals surface area contributed by atoms with Crippen LogP contribution in [0.2, 0.25) is 0 Å². The van der Waals surface area contributed by atoms with E-state index in [0.29, 0.717) is 0 Å². The number of benzene rings is 1. The van der Waals surface area contributed by atoms with E-state index in [4.69, 9.17) is 5.11 Å². The van der Waals surface area contributed by atoms with Crippen molar-refractivity contribution >= 4 is 23.5 Å². The zero-order chi connectivity index (χ0) is 13.3. The van der Waals surface area contributed by atoms with Gasteiger partial charge in [-0.2, -0.15) is 0 Å². The summed E-state index contributed by atoms with van der Waals surface area (Å²) in [4.78, 5) is 34.7. The maximum absolute atomic E-state index is 13.0. The zero-order valence-corrected chi connectivity index (χ0v) is 9.14. The molecule has 1 aliphatic heterocycles. The lowest BCUT2D eigenvalue weighted by atomic mass is 10.1. The molecule has 0 atom stereocenters. The number of imide groups is 1. The fourth-order valence-corrected chi connectivity index (χ4v) is 1.76. The van der Waals surface area contributed by atoms with E-state index >= 15 is 0 Å². The summed E-state index contributed by atoms with van der Waals surface area (Å²) in [6.45, 7) is -0.282. The Hall–Kier alpha value is -2.44. The van der Waals surface area contributed by atoms with Gasteiger partial charge in [-0.05, 0) is 18.2 Å². The molecule has 1 heterocycles. The molecule has 0 aliphatic carbocycles. The highest BCUT2D eigenvalue weighted by atomic mass is 19.1. The topological polar surface area (TPSA) is 86.7 Å². The average molecular weight is 252 g/mol. The first kappa shape index (κ1) is 12.0. The number of amides is 2. The Kier molecular flexibility index (Phi) is 2.97. The predicted octanol–water partition coefficient (Wildman–Crippen LogP) is -0.0133. The second-order valence-corrected chi connectivity index (χ2v) is 3.79. The maximum atomic E-state index is 13.0. The van der Waals surface area contributed by atoms with Crippen molar-refractivity contribution in [1.82, 2.24) is 5.32 Å². The number of anilines is 1. The van der Waals surface area contributed by atoms with E-state index in [2.05, 4.69) is 5.32 Å². The SMILES string of the molecule is O=C1CN(c2ccc(F)cc2C(=O)O)CC(=O)N1. The molecule has 2 rings (SSSR count). The first-order chi connectivity index (χ1) is 8.47. The highest BCUT2D eigenvalue weighted by Crippen LogP contribution is 2.22. The van der Waals surface area contributed by atoms with E-state index < -0.39 is 23.6 Å². The van der Waals surface area contributed by atoms with Crippen LogP contribution in [0.1, 0.15) is 10.4 Å². The van der Waals surface area contributed by atoms with Crippen LogP contribution in [-0.4, -0.2) is 36.0 Å². The van der Waals surface area contributed by atoms with Crippen LogP contribution < -0.4 is 10.2 Å². The fourth-order valence-electron chi connectivity index (χ4n) is 1.76. The Morgan fingerprint density at radius 2 is 1.89 bits per heavy atom. The van der Waals surface area contributed by atoms with E-state index in [1.165, 1.54) is 11.0 Å². The minimum Gasteiger partial charge on any atom is -0.478 e. The van der Waals surface area contributed by atoms with Crippen LogP contribution in [0, 0.1) is 5.82 Å². The molecule has 0 spiro atoms. The first-order valence-electron chi connectivity index (χ1n) is 5.08. The molecule has 1 aromatic rings. The molecule has 0 aromatic heterocycles. The molecular formula is C11H9FN2O4. The van der Waals surface area contributed by atoms with Gasteiger partial charge >= 0.3 is 5.97 Å². The number of carbonyl (C=O) groups excluding carboxylic acids is 2. The minimum absolute atomic E-state index is 0.141. The third-order valence-electron chi connectivity index (χ3n) is 2.48. The number of nitrogens with zero attached hydrogens (tertiary/aromatic N) is 1. The van der Waals surface area contributed by atoms with Crippen molar-refractivity contribution in [3.8, 4) is 0 Å². The summed E-state index contributed by atoms with van der Waals surface area (Å²) >= 11 is 0. The number of nitrogens with one attached hydrogen (secondary N) is 1. The standard InChI is InChI=1S/C11H9FN2O4/c12-6-1-2-8(7(3-6)11(17)18)14-4-9(15)13-10(16)5-14/h1-3H,4-5H2,(H,17,18)(H,13,15,16). The quantitative estimate of drug-likeness (QED) is 0.723. The van der Waals surface area contributed by atoms with Crippen LogP contribution in [0.5, 0.6) is 0 Å². The molecule has 1 aliphatic rings. The molecule has 1 aromatic carbocycles. The zero-order valence-electron chi connectivity index (χ0n) is 9.14. The smallest absolute Gasteiger partial charge is 0.337 e. The molecule has 2 N–H and O–H groups in total. The van der Waals surface area contributed by atoms with E-state index in [1.807, 2.05) is 0 Å². The molecule has 0 bridgehead atoms. The van der Waals surface area contributed by atoms with Gasteiger partial charge in [0.2, 0.25) is 11.8 Å². The van der Waals surface area contributed by atoms with Gasteiger partial charge in [0.05, 0.1) is 24.3 Å². The lowest BCUT2D eigenvalue weighted by molar-refractivity contribution is -0.130. The van der Waals surface area contributed by atoms with E-state index in [-0.39, 0.29) is 24.3 Å². The maximum Gasteiger partial charge on any atom is 0.337 e. The second-order valence-electron chi connectivity index (χ2n) is 3.79. The Bertz CT molecular complexity index is 528. The van der Waals surface area contributed by atoms with Crippen molar-refractivity contribution < 1.29 is 23.9 Å². The third-order valence-corrected chi connectivity index (χ3v) is 2.48. The molecule has 7 heteroatoms. The van der Waals surface area contributed by atoms with Gasteiger partial charge < -0.3 is 10.0 Å². The van der Waals surface area contributed by atoms with Gasteiger partial charge in [0, 0.05) is 0 Å². The highest BCUT2D eigenvalue weighted by molar-refractivity contribution is 6.04. The van der Waals surface area contributed by atoms with Crippen LogP contribution in [0.4, 0.5) is 10.1 Å². The summed E-state index contributed by atoms with van der Waals surface area (Å²) in [6.07, 6.45) is 0. The number of halogens is 1. The van der Waals surface area contributed by atoms with Crippen LogP contribution in [-0.2, 0) is 9.59 Å². The summed E-state index contributed by atoms with van der Waals surface area (Å²) in [5, 5.41) is 11.1. The number of hydrogen-bond donors (Lipinski definition) is 2. The predicted molar refractivity (Wildman–Crippen MR) is 58.7 cm³/mol. The van der Waals surface area contributed by atoms with E-state index in [1.54, 1.807) is 0 Å². The molecule has 6 nitrogen and oxygen atoms in total. The Balaban J connectivity index is 2.41. The first-order valence-corrected chi connectivity index (χ1v) is 5.08. The van der Waals surface area contributed by atoms with Crippen molar-refractivity contribution in [1.29, 1.82) is 0 Å². The number of carboxylic acids is 1. The molecule has 1 fully saturated rings. The monoisotopic (exact) mass is 252 g/mol. The summed E-state index contributed by atoms with van der Waals surface area (Å²) in [5.41, 5.74) is -0.135. The molecule has 0 saturated carbocycles. The normalized spacial score (nSPS) is 15.5. The fraction of sp³-hybridized carbons (Fsp3) is 0.182. The van der Waals surface area contributed by atoms with Crippen LogP contribution in [0.3, 0.4) is 0 Å². The summed E-state index contributed by atoms with van der Waals surface area (Å²) in [5.74, 6) is -3.05. The van der Waals surface area contributed by atoms with E-state index in [9.17, 15) is 18.8 Å². The van der Waals surface area contributed by atoms with Crippen LogP contribution in [0.25, 0.3) is 0 Å². The summed E-state index contributed by atoms with van der Waals surface area (Å²) in [6, 6.07) is 3.18. The van der Waals surface area contributed by atoms with Crippen molar-refractivity contribution in [2.24, 2.45) is 0 Å². The molecule has 18 heavy (non-hydrogen) atoms. The van der Waals surface area contributed by atoms with Gasteiger partial charge in [-0.25, -0.2) is 9.18 Å². The molecule has 0 unspecified atom stereocenters. The number of hydrogen-bond acceptors (Lipinski definition) is 4. The van der Waals surface area contributed by atoms with Crippen molar-refractivity contribution in [3.63, 3.8) is 0 Å². The van der Waals surface area contributed by atoms with Crippen molar-refractivity contribution in [2.45, 2.75) is 0 Å². The van der Waals surface area contributed by atoms with Gasteiger partial charge in [-0.3, -0.25) is 14.9 Å². The third kappa shape index (κ3) is 2.29. The van der Waals surface area contributed by atoms with Crippen LogP contribution in [0.15, 0.2) is 18.2 Å². The minimum atomic E-state index is -1.32. The van der Waals surface area contributed by atoms with Gasteiger partial charge in [0.15, 0.2) is 0 Å². The Morgan fingerprint density at radius 1 is 1.28 bits per heavy atom. The lowest BCUT2D eigenvalue weighted by Gasteiger charge is -2.28. The summed E-state index contributed by atoms with van der Waals surface area (Å²) < 4.78 is 13.0. The van der Waals surface area contributed by atoms with Gasteiger partial charge in [-0.1, -0.05) is 0 Å². The number of rotatable bonds is 2. The Labute approximate surface area is 101 Å². The number of carbonyl (C=O) groups is 3. The highest BCUT2D eigenvalue weighted by Gasteiger charge is 2.26. The van der Waals surface area contributed by atoms with Gasteiger partial charge in [0.1, 0.15) is 5.82 Å². The second kappa shape index (κ2) is 4.44. The van der Waals surface area contributed by atoms with Crippen molar-refractivity contribution in [2.75, 3.05) is 18.0 Å². The van der Waals surface area contributed by atoms with E-state index in [0.717, 1.165) is 12.1 Å². The Morgan fingerprint density at radius 3 is 2.44 bits per heavy atom. The van der Waals surface area contributed by atoms with Gasteiger partial charge in [-0.15, -0.1) is 0 Å². The number of carboxylic acid groups (broad SMARTS) is 1. The lowest BCUT2D eigenvalue weighted by Crippen LogP contribution is -2.51. The molecule has 0 radical (unpaired) electrons. The van der Waals surface area contributed by atoms with Crippen molar-refractivity contribution in [3.05, 3.63) is 29.6 Å². The number of piperazine rings is 1. The average Bonchev–Trinajstić information content (AvgIpc) is 2.27. The number of aromatic carboxylic acids is 1. The van der Waals surface area contributed by atoms with Crippen LogP contribution >= 0.6 is 0 Å². The van der Waals surface area contributed by atoms with Gasteiger partial charge in [0.25, 0.3) is 0 Å². The molecule has 94 valence electrons. The molecule has 1 saturated heterocycles.